The number of carbonyl (C=O) groups excluding carboxylic acids is 1. The quantitative estimate of drug-likeness (QED) is 0.842. The minimum Gasteiger partial charge on any atom is -0.481 e. The van der Waals surface area contributed by atoms with E-state index in [0.717, 1.165) is 11.4 Å². The molecule has 0 bridgehead atoms. The average Bonchev–Trinajstić information content (AvgIpc) is 3.08. The lowest BCUT2D eigenvalue weighted by Gasteiger charge is -2.27. The fourth-order valence-corrected chi connectivity index (χ4v) is 3.73. The zero-order valence-corrected chi connectivity index (χ0v) is 16.1. The summed E-state index contributed by atoms with van der Waals surface area (Å²) in [5, 5.41) is 16.7. The summed E-state index contributed by atoms with van der Waals surface area (Å²) in [6.07, 6.45) is 4.25. The van der Waals surface area contributed by atoms with Gasteiger partial charge in [-0.05, 0) is 50.7 Å². The van der Waals surface area contributed by atoms with Crippen molar-refractivity contribution >= 4 is 11.9 Å². The first-order valence-corrected chi connectivity index (χ1v) is 9.55. The van der Waals surface area contributed by atoms with Crippen molar-refractivity contribution in [1.29, 1.82) is 0 Å². The van der Waals surface area contributed by atoms with Gasteiger partial charge in [-0.25, -0.2) is 4.68 Å². The lowest BCUT2D eigenvalue weighted by molar-refractivity contribution is -0.142. The minimum absolute atomic E-state index is 0.0239. The van der Waals surface area contributed by atoms with Crippen LogP contribution >= 0.6 is 0 Å². The Balaban J connectivity index is 1.77. The summed E-state index contributed by atoms with van der Waals surface area (Å²) in [5.41, 5.74) is 3.58. The van der Waals surface area contributed by atoms with Gasteiger partial charge < -0.3 is 10.4 Å². The van der Waals surface area contributed by atoms with Crippen molar-refractivity contribution in [3.05, 3.63) is 47.3 Å². The van der Waals surface area contributed by atoms with Gasteiger partial charge in [-0.2, -0.15) is 5.10 Å². The Morgan fingerprint density at radius 1 is 1.15 bits per heavy atom. The van der Waals surface area contributed by atoms with Crippen molar-refractivity contribution < 1.29 is 14.7 Å². The third-order valence-corrected chi connectivity index (χ3v) is 5.29. The third kappa shape index (κ3) is 4.21. The number of aliphatic carboxylic acids is 1. The molecule has 144 valence electrons. The van der Waals surface area contributed by atoms with E-state index in [0.29, 0.717) is 31.2 Å². The van der Waals surface area contributed by atoms with Crippen LogP contribution in [0.2, 0.25) is 0 Å². The molecule has 1 amide bonds. The molecule has 1 aliphatic carbocycles. The molecule has 27 heavy (non-hydrogen) atoms. The van der Waals surface area contributed by atoms with Crippen molar-refractivity contribution in [1.82, 2.24) is 15.1 Å². The molecule has 6 heteroatoms. The van der Waals surface area contributed by atoms with Crippen LogP contribution in [-0.4, -0.2) is 32.8 Å². The molecule has 1 aromatic carbocycles. The van der Waals surface area contributed by atoms with Crippen LogP contribution in [0.3, 0.4) is 0 Å². The number of nitrogens with one attached hydrogen (secondary N) is 1. The van der Waals surface area contributed by atoms with Gasteiger partial charge in [0.25, 0.3) is 5.91 Å². The van der Waals surface area contributed by atoms with Gasteiger partial charge in [0.1, 0.15) is 0 Å². The van der Waals surface area contributed by atoms with E-state index in [4.69, 9.17) is 5.11 Å². The second kappa shape index (κ2) is 7.94. The van der Waals surface area contributed by atoms with E-state index in [1.807, 2.05) is 35.9 Å². The van der Waals surface area contributed by atoms with Crippen molar-refractivity contribution in [2.24, 2.45) is 5.92 Å². The van der Waals surface area contributed by atoms with Crippen molar-refractivity contribution in [2.45, 2.75) is 58.4 Å². The Kier molecular flexibility index (Phi) is 5.63. The fourth-order valence-electron chi connectivity index (χ4n) is 3.73. The Bertz CT molecular complexity index is 816. The second-order valence-corrected chi connectivity index (χ2v) is 7.71. The van der Waals surface area contributed by atoms with Crippen LogP contribution < -0.4 is 5.32 Å². The highest BCUT2D eigenvalue weighted by Gasteiger charge is 2.28. The van der Waals surface area contributed by atoms with Crippen molar-refractivity contribution in [3.63, 3.8) is 0 Å². The van der Waals surface area contributed by atoms with E-state index in [1.54, 1.807) is 6.20 Å². The first kappa shape index (κ1) is 19.1. The van der Waals surface area contributed by atoms with Gasteiger partial charge in [0, 0.05) is 6.04 Å². The van der Waals surface area contributed by atoms with E-state index < -0.39 is 5.97 Å². The molecule has 0 spiro atoms. The Morgan fingerprint density at radius 3 is 2.33 bits per heavy atom. The zero-order chi connectivity index (χ0) is 19.6. The number of aromatic nitrogens is 2. The molecule has 3 rings (SSSR count). The SMILES string of the molecule is Cc1ccc(-n2ncc(C(=O)NC3CCC(C(=O)O)CC3)c2C(C)C)cc1. The van der Waals surface area contributed by atoms with E-state index >= 15 is 0 Å². The summed E-state index contributed by atoms with van der Waals surface area (Å²) >= 11 is 0. The molecule has 0 unspecified atom stereocenters. The minimum atomic E-state index is -0.735. The number of amides is 1. The van der Waals surface area contributed by atoms with Crippen LogP contribution in [0.1, 0.15) is 67.1 Å². The molecule has 1 aromatic heterocycles. The predicted octanol–water partition coefficient (Wildman–Crippen LogP) is 3.68. The van der Waals surface area contributed by atoms with Gasteiger partial charge in [-0.15, -0.1) is 0 Å². The molecule has 2 N–H and O–H groups in total. The highest BCUT2D eigenvalue weighted by atomic mass is 16.4. The Hall–Kier alpha value is -2.63. The first-order valence-electron chi connectivity index (χ1n) is 9.55. The summed E-state index contributed by atoms with van der Waals surface area (Å²) in [5.74, 6) is -1.01. The summed E-state index contributed by atoms with van der Waals surface area (Å²) in [6.45, 7) is 6.14. The molecule has 0 aliphatic heterocycles. The molecule has 1 aliphatic rings. The standard InChI is InChI=1S/C21H27N3O3/c1-13(2)19-18(12-22-24(19)17-10-4-14(3)5-11-17)20(25)23-16-8-6-15(7-9-16)21(26)27/h4-5,10-13,15-16H,6-9H2,1-3H3,(H,23,25)(H,26,27). The number of hydrogen-bond donors (Lipinski definition) is 2. The average molecular weight is 369 g/mol. The van der Waals surface area contributed by atoms with Gasteiger partial charge >= 0.3 is 5.97 Å². The lowest BCUT2D eigenvalue weighted by Crippen LogP contribution is -2.39. The number of hydrogen-bond acceptors (Lipinski definition) is 3. The van der Waals surface area contributed by atoms with E-state index in [1.165, 1.54) is 5.56 Å². The maximum atomic E-state index is 12.9. The predicted molar refractivity (Wildman–Crippen MR) is 103 cm³/mol. The maximum absolute atomic E-state index is 12.9. The van der Waals surface area contributed by atoms with Crippen molar-refractivity contribution in [3.8, 4) is 5.69 Å². The molecule has 1 saturated carbocycles. The van der Waals surface area contributed by atoms with Crippen LogP contribution in [0.15, 0.2) is 30.5 Å². The second-order valence-electron chi connectivity index (χ2n) is 7.71. The van der Waals surface area contributed by atoms with Gasteiger partial charge in [0.05, 0.1) is 29.1 Å². The van der Waals surface area contributed by atoms with Crippen LogP contribution in [0.4, 0.5) is 0 Å². The highest BCUT2D eigenvalue weighted by Crippen LogP contribution is 2.26. The molecule has 6 nitrogen and oxygen atoms in total. The summed E-state index contributed by atoms with van der Waals surface area (Å²) in [4.78, 5) is 24.0. The van der Waals surface area contributed by atoms with Crippen LogP contribution in [0.25, 0.3) is 5.69 Å². The molecule has 1 fully saturated rings. The number of carboxylic acid groups (broad SMARTS) is 1. The van der Waals surface area contributed by atoms with Gasteiger partial charge in [-0.3, -0.25) is 9.59 Å². The number of benzene rings is 1. The third-order valence-electron chi connectivity index (χ3n) is 5.29. The number of carbonyl (C=O) groups is 2. The molecular formula is C21H27N3O3. The Labute approximate surface area is 159 Å². The fraction of sp³-hybridized carbons (Fsp3) is 0.476. The summed E-state index contributed by atoms with van der Waals surface area (Å²) in [7, 11) is 0. The van der Waals surface area contributed by atoms with E-state index in [2.05, 4.69) is 24.3 Å². The monoisotopic (exact) mass is 369 g/mol. The molecular weight excluding hydrogens is 342 g/mol. The molecule has 0 atom stereocenters. The number of carboxylic acids is 1. The van der Waals surface area contributed by atoms with E-state index in [9.17, 15) is 9.59 Å². The van der Waals surface area contributed by atoms with Gasteiger partial charge in [-0.1, -0.05) is 31.5 Å². The van der Waals surface area contributed by atoms with Crippen LogP contribution in [-0.2, 0) is 4.79 Å². The number of nitrogens with zero attached hydrogens (tertiary/aromatic N) is 2. The van der Waals surface area contributed by atoms with Gasteiger partial charge in [0.2, 0.25) is 0 Å². The summed E-state index contributed by atoms with van der Waals surface area (Å²) in [6, 6.07) is 8.09. The summed E-state index contributed by atoms with van der Waals surface area (Å²) < 4.78 is 1.83. The number of aryl methyl sites for hydroxylation is 1. The number of rotatable bonds is 5. The topological polar surface area (TPSA) is 84.2 Å². The molecule has 2 aromatic rings. The maximum Gasteiger partial charge on any atom is 0.306 e. The zero-order valence-electron chi connectivity index (χ0n) is 16.1. The van der Waals surface area contributed by atoms with Crippen molar-refractivity contribution in [2.75, 3.05) is 0 Å². The Morgan fingerprint density at radius 2 is 1.78 bits per heavy atom. The van der Waals surface area contributed by atoms with Gasteiger partial charge in [0.15, 0.2) is 0 Å². The molecule has 0 radical (unpaired) electrons. The normalized spacial score (nSPS) is 19.9. The highest BCUT2D eigenvalue weighted by molar-refractivity contribution is 5.95. The largest absolute Gasteiger partial charge is 0.481 e. The smallest absolute Gasteiger partial charge is 0.306 e. The lowest BCUT2D eigenvalue weighted by atomic mass is 9.86. The van der Waals surface area contributed by atoms with Crippen LogP contribution in [0, 0.1) is 12.8 Å². The first-order chi connectivity index (χ1) is 12.9. The molecule has 0 saturated heterocycles. The van der Waals surface area contributed by atoms with E-state index in [-0.39, 0.29) is 23.8 Å². The molecule has 1 heterocycles. The van der Waals surface area contributed by atoms with Crippen LogP contribution in [0.5, 0.6) is 0 Å².